The Labute approximate surface area is 189 Å². The molecule has 172 valence electrons. The van der Waals surface area contributed by atoms with Crippen molar-refractivity contribution in [1.82, 2.24) is 4.98 Å². The van der Waals surface area contributed by atoms with Crippen LogP contribution < -0.4 is 4.74 Å². The van der Waals surface area contributed by atoms with Gasteiger partial charge in [-0.25, -0.2) is 13.8 Å². The second-order valence-electron chi connectivity index (χ2n) is 7.41. The van der Waals surface area contributed by atoms with Crippen LogP contribution in [0, 0.1) is 11.6 Å². The molecule has 1 aromatic heterocycles. The first-order valence-electron chi connectivity index (χ1n) is 10.3. The van der Waals surface area contributed by atoms with Crippen LogP contribution in [0.2, 0.25) is 0 Å². The second-order valence-corrected chi connectivity index (χ2v) is 7.41. The zero-order valence-electron chi connectivity index (χ0n) is 18.1. The number of methoxy groups -OCH3 is 1. The lowest BCUT2D eigenvalue weighted by Gasteiger charge is -2.25. The minimum Gasteiger partial charge on any atom is -0.503 e. The Morgan fingerprint density at radius 2 is 1.48 bits per heavy atom. The average molecular weight is 455 g/mol. The Balaban J connectivity index is 1.70. The number of ether oxygens (including phenoxy) is 2. The molecule has 1 heterocycles. The number of esters is 1. The van der Waals surface area contributed by atoms with Crippen LogP contribution in [-0.2, 0) is 9.53 Å². The van der Waals surface area contributed by atoms with E-state index < -0.39 is 35.4 Å². The molecule has 1 atom stereocenters. The zero-order chi connectivity index (χ0) is 24.0. The van der Waals surface area contributed by atoms with Gasteiger partial charge in [0.1, 0.15) is 17.7 Å². The maximum atomic E-state index is 13.4. The van der Waals surface area contributed by atoms with Gasteiger partial charge in [-0.05, 0) is 42.3 Å². The predicted molar refractivity (Wildman–Crippen MR) is 116 cm³/mol. The number of aromatic nitrogens is 1. The number of pyridine rings is 1. The van der Waals surface area contributed by atoms with E-state index in [9.17, 15) is 23.5 Å². The number of ketones is 1. The number of hydrogen-bond acceptors (Lipinski definition) is 6. The molecule has 6 nitrogen and oxygen atoms in total. The minimum absolute atomic E-state index is 0.103. The number of nitrogens with zero attached hydrogens (tertiary/aromatic N) is 1. The van der Waals surface area contributed by atoms with Crippen LogP contribution in [0.3, 0.4) is 0 Å². The molecule has 33 heavy (non-hydrogen) atoms. The lowest BCUT2D eigenvalue weighted by molar-refractivity contribution is -0.148. The van der Waals surface area contributed by atoms with Crippen molar-refractivity contribution in [3.8, 4) is 11.5 Å². The van der Waals surface area contributed by atoms with Crippen LogP contribution in [0.1, 0.15) is 47.3 Å². The number of aromatic hydroxyl groups is 1. The first-order valence-corrected chi connectivity index (χ1v) is 10.3. The van der Waals surface area contributed by atoms with Crippen molar-refractivity contribution in [3.63, 3.8) is 0 Å². The number of carbonyl (C=O) groups is 2. The fraction of sp³-hybridized carbons (Fsp3) is 0.240. The van der Waals surface area contributed by atoms with Crippen LogP contribution in [0.5, 0.6) is 11.5 Å². The molecule has 3 rings (SSSR count). The van der Waals surface area contributed by atoms with E-state index in [0.29, 0.717) is 11.1 Å². The molecular formula is C25H23F2NO5. The molecule has 0 saturated heterocycles. The highest BCUT2D eigenvalue weighted by Crippen LogP contribution is 2.31. The summed E-state index contributed by atoms with van der Waals surface area (Å²) in [5.41, 5.74) is 1.18. The Kier molecular flexibility index (Phi) is 7.71. The lowest BCUT2D eigenvalue weighted by Crippen LogP contribution is -2.24. The highest BCUT2D eigenvalue weighted by atomic mass is 19.1. The largest absolute Gasteiger partial charge is 0.503 e. The monoisotopic (exact) mass is 455 g/mol. The predicted octanol–water partition coefficient (Wildman–Crippen LogP) is 4.80. The van der Waals surface area contributed by atoms with E-state index in [1.165, 1.54) is 43.6 Å². The molecule has 0 spiro atoms. The van der Waals surface area contributed by atoms with Gasteiger partial charge < -0.3 is 14.6 Å². The van der Waals surface area contributed by atoms with Crippen LogP contribution in [-0.4, -0.2) is 35.1 Å². The molecule has 0 saturated carbocycles. The molecule has 3 aromatic rings. The van der Waals surface area contributed by atoms with Crippen molar-refractivity contribution in [2.75, 3.05) is 7.11 Å². The number of halogens is 2. The van der Waals surface area contributed by atoms with Crippen molar-refractivity contribution in [2.45, 2.75) is 31.8 Å². The fourth-order valence-electron chi connectivity index (χ4n) is 3.55. The number of Topliss-reactive ketones (excluding diaryl/α,β-unsaturated/α-hetero) is 1. The summed E-state index contributed by atoms with van der Waals surface area (Å²) >= 11 is 0. The van der Waals surface area contributed by atoms with Crippen LogP contribution in [0.15, 0.2) is 60.8 Å². The van der Waals surface area contributed by atoms with Gasteiger partial charge in [0.25, 0.3) is 0 Å². The molecule has 0 fully saturated rings. The van der Waals surface area contributed by atoms with Gasteiger partial charge in [0.05, 0.1) is 13.5 Å². The third kappa shape index (κ3) is 5.91. The number of carbonyl (C=O) groups excluding carboxylic acids is 2. The maximum Gasteiger partial charge on any atom is 0.306 e. The normalized spacial score (nSPS) is 11.8. The molecule has 1 N–H and O–H groups in total. The van der Waals surface area contributed by atoms with Gasteiger partial charge >= 0.3 is 5.97 Å². The second kappa shape index (κ2) is 10.7. The summed E-state index contributed by atoms with van der Waals surface area (Å²) in [7, 11) is 1.35. The van der Waals surface area contributed by atoms with Crippen LogP contribution >= 0.6 is 0 Å². The van der Waals surface area contributed by atoms with Gasteiger partial charge in [-0.2, -0.15) is 0 Å². The lowest BCUT2D eigenvalue weighted by atomic mass is 9.87. The smallest absolute Gasteiger partial charge is 0.306 e. The summed E-state index contributed by atoms with van der Waals surface area (Å²) in [6.45, 7) is 1.67. The Morgan fingerprint density at radius 3 is 2.00 bits per heavy atom. The van der Waals surface area contributed by atoms with Gasteiger partial charge in [-0.15, -0.1) is 0 Å². The van der Waals surface area contributed by atoms with Crippen molar-refractivity contribution in [2.24, 2.45) is 0 Å². The quantitative estimate of drug-likeness (QED) is 0.369. The third-order valence-electron chi connectivity index (χ3n) is 5.17. The summed E-state index contributed by atoms with van der Waals surface area (Å²) in [5, 5.41) is 10.1. The van der Waals surface area contributed by atoms with Gasteiger partial charge in [-0.1, -0.05) is 24.3 Å². The molecule has 0 unspecified atom stereocenters. The van der Waals surface area contributed by atoms with E-state index in [1.54, 1.807) is 31.2 Å². The topological polar surface area (TPSA) is 85.7 Å². The summed E-state index contributed by atoms with van der Waals surface area (Å²) in [5.74, 6) is -2.75. The van der Waals surface area contributed by atoms with Gasteiger partial charge in [-0.3, -0.25) is 9.59 Å². The van der Waals surface area contributed by atoms with Crippen LogP contribution in [0.25, 0.3) is 0 Å². The summed E-state index contributed by atoms with van der Waals surface area (Å²) in [6, 6.07) is 12.9. The molecule has 2 aromatic carbocycles. The number of rotatable bonds is 9. The van der Waals surface area contributed by atoms with E-state index in [2.05, 4.69) is 4.98 Å². The highest BCUT2D eigenvalue weighted by Gasteiger charge is 2.26. The molecule has 0 aliphatic rings. The standard InChI is InChI=1S/C25H23F2NO5/c1-15(23(16-3-7-18(26)8-4-16)17-5-9-19(27)10-6-17)33-22(30)12-11-20(29)24-25(31)21(32-2)13-14-28-24/h3-10,13-15,23,31H,11-12H2,1-2H3/t15-/m0/s1. The molecular weight excluding hydrogens is 432 g/mol. The van der Waals surface area contributed by atoms with Gasteiger partial charge in [0.2, 0.25) is 0 Å². The first kappa shape index (κ1) is 23.8. The third-order valence-corrected chi connectivity index (χ3v) is 5.17. The molecule has 0 aliphatic heterocycles. The van der Waals surface area contributed by atoms with E-state index in [0.717, 1.165) is 0 Å². The van der Waals surface area contributed by atoms with E-state index in [-0.39, 0.29) is 30.0 Å². The molecule has 8 heteroatoms. The minimum atomic E-state index is -0.688. The zero-order valence-corrected chi connectivity index (χ0v) is 18.1. The summed E-state index contributed by atoms with van der Waals surface area (Å²) in [4.78, 5) is 28.7. The molecule has 0 radical (unpaired) electrons. The number of hydrogen-bond donors (Lipinski definition) is 1. The molecule has 0 aliphatic carbocycles. The highest BCUT2D eigenvalue weighted by molar-refractivity contribution is 5.98. The first-order chi connectivity index (χ1) is 15.8. The SMILES string of the molecule is COc1ccnc(C(=O)CCC(=O)O[C@@H](C)C(c2ccc(F)cc2)c2ccc(F)cc2)c1O. The van der Waals surface area contributed by atoms with Crippen LogP contribution in [0.4, 0.5) is 8.78 Å². The Bertz CT molecular complexity index is 1070. The van der Waals surface area contributed by atoms with Crippen molar-refractivity contribution < 1.29 is 33.0 Å². The fourth-order valence-corrected chi connectivity index (χ4v) is 3.55. The van der Waals surface area contributed by atoms with Gasteiger partial charge in [0, 0.05) is 24.6 Å². The maximum absolute atomic E-state index is 13.4. The summed E-state index contributed by atoms with van der Waals surface area (Å²) < 4.78 is 37.3. The van der Waals surface area contributed by atoms with Crippen molar-refractivity contribution in [1.29, 1.82) is 0 Å². The molecule has 0 amide bonds. The van der Waals surface area contributed by atoms with E-state index in [1.807, 2.05) is 0 Å². The summed E-state index contributed by atoms with van der Waals surface area (Å²) in [6.07, 6.45) is 0.173. The van der Waals surface area contributed by atoms with Crippen molar-refractivity contribution in [3.05, 3.63) is 89.2 Å². The van der Waals surface area contributed by atoms with Gasteiger partial charge in [0.15, 0.2) is 23.0 Å². The van der Waals surface area contributed by atoms with E-state index in [4.69, 9.17) is 9.47 Å². The average Bonchev–Trinajstić information content (AvgIpc) is 2.80. The Morgan fingerprint density at radius 1 is 0.939 bits per heavy atom. The molecule has 0 bridgehead atoms. The van der Waals surface area contributed by atoms with Crippen molar-refractivity contribution >= 4 is 11.8 Å². The number of benzene rings is 2. The van der Waals surface area contributed by atoms with E-state index >= 15 is 0 Å². The Hall–Kier alpha value is -3.81.